The Bertz CT molecular complexity index is 1240. The van der Waals surface area contributed by atoms with E-state index in [0.29, 0.717) is 23.4 Å². The summed E-state index contributed by atoms with van der Waals surface area (Å²) in [5.74, 6) is 0.925. The van der Waals surface area contributed by atoms with Gasteiger partial charge in [0.2, 0.25) is 0 Å². The van der Waals surface area contributed by atoms with Gasteiger partial charge in [0.05, 0.1) is 5.56 Å². The molecule has 1 saturated heterocycles. The van der Waals surface area contributed by atoms with Gasteiger partial charge < -0.3 is 14.7 Å². The topological polar surface area (TPSA) is 22.6 Å². The number of likely N-dealkylation sites (N-methyl/N-ethyl adjacent to an activating group) is 1. The Labute approximate surface area is 211 Å². The third-order valence-electron chi connectivity index (χ3n) is 6.81. The molecule has 2 aromatic carbocycles. The zero-order valence-electron chi connectivity index (χ0n) is 21.4. The van der Waals surface area contributed by atoms with Crippen LogP contribution in [0.25, 0.3) is 16.8 Å². The van der Waals surface area contributed by atoms with Gasteiger partial charge in [-0.05, 0) is 61.3 Å². The largest absolute Gasteiger partial charge is 0.416 e. The van der Waals surface area contributed by atoms with Crippen molar-refractivity contribution in [3.8, 4) is 11.1 Å². The normalized spacial score (nSPS) is 14.7. The van der Waals surface area contributed by atoms with Gasteiger partial charge in [-0.25, -0.2) is 4.98 Å². The number of pyridine rings is 1. The Morgan fingerprint density at radius 1 is 1.00 bits per heavy atom. The van der Waals surface area contributed by atoms with E-state index >= 15 is 0 Å². The van der Waals surface area contributed by atoms with Crippen molar-refractivity contribution in [1.82, 2.24) is 14.8 Å². The van der Waals surface area contributed by atoms with Gasteiger partial charge in [-0.1, -0.05) is 42.5 Å². The molecule has 4 rings (SSSR count). The molecule has 1 aromatic heterocycles. The molecule has 3 aromatic rings. The molecule has 4 nitrogen and oxygen atoms in total. The first-order chi connectivity index (χ1) is 17.0. The lowest BCUT2D eigenvalue weighted by atomic mass is 9.95. The number of nitrogens with zero attached hydrogens (tertiary/aromatic N) is 4. The third-order valence-corrected chi connectivity index (χ3v) is 6.81. The summed E-state index contributed by atoms with van der Waals surface area (Å²) in [5.41, 5.74) is 5.37. The second-order valence-electron chi connectivity index (χ2n) is 9.70. The minimum absolute atomic E-state index is 0.303. The van der Waals surface area contributed by atoms with Crippen LogP contribution in [0.5, 0.6) is 0 Å². The van der Waals surface area contributed by atoms with Crippen molar-refractivity contribution in [3.63, 3.8) is 0 Å². The SMILES string of the molecule is C=C(c1cnc(N2CCN(C)CC2)cc1-c1ccccc1C)N(C)Cc1cc(C)cc(C(F)(F)F)c1. The molecule has 2 heterocycles. The van der Waals surface area contributed by atoms with Gasteiger partial charge >= 0.3 is 6.18 Å². The number of aryl methyl sites for hydroxylation is 2. The van der Waals surface area contributed by atoms with Crippen LogP contribution < -0.4 is 4.90 Å². The van der Waals surface area contributed by atoms with Gasteiger partial charge in [0.1, 0.15) is 5.82 Å². The lowest BCUT2D eigenvalue weighted by Gasteiger charge is -2.34. The Morgan fingerprint density at radius 3 is 2.36 bits per heavy atom. The van der Waals surface area contributed by atoms with Gasteiger partial charge in [-0.2, -0.15) is 13.2 Å². The maximum atomic E-state index is 13.4. The van der Waals surface area contributed by atoms with Crippen molar-refractivity contribution in [2.45, 2.75) is 26.6 Å². The summed E-state index contributed by atoms with van der Waals surface area (Å²) in [6.45, 7) is 12.2. The monoisotopic (exact) mass is 494 g/mol. The predicted molar refractivity (Wildman–Crippen MR) is 141 cm³/mol. The average Bonchev–Trinajstić information content (AvgIpc) is 2.83. The van der Waals surface area contributed by atoms with Crippen molar-refractivity contribution in [1.29, 1.82) is 0 Å². The lowest BCUT2D eigenvalue weighted by Crippen LogP contribution is -2.44. The second kappa shape index (κ2) is 10.3. The number of alkyl halides is 3. The number of rotatable bonds is 6. The molecule has 0 aliphatic carbocycles. The zero-order valence-corrected chi connectivity index (χ0v) is 21.4. The summed E-state index contributed by atoms with van der Waals surface area (Å²) in [4.78, 5) is 11.3. The summed E-state index contributed by atoms with van der Waals surface area (Å²) in [6, 6.07) is 14.5. The molecule has 1 aliphatic rings. The molecular formula is C29H33F3N4. The van der Waals surface area contributed by atoms with Crippen molar-refractivity contribution in [2.24, 2.45) is 0 Å². The Kier molecular flexibility index (Phi) is 7.41. The zero-order chi connectivity index (χ0) is 26.0. The number of halogens is 3. The molecule has 0 radical (unpaired) electrons. The van der Waals surface area contributed by atoms with Crippen LogP contribution in [0.4, 0.5) is 19.0 Å². The fourth-order valence-corrected chi connectivity index (χ4v) is 4.67. The smallest absolute Gasteiger partial charge is 0.370 e. The van der Waals surface area contributed by atoms with Crippen LogP contribution in [0, 0.1) is 13.8 Å². The Hall–Kier alpha value is -3.32. The van der Waals surface area contributed by atoms with Crippen LogP contribution in [0.1, 0.15) is 27.8 Å². The molecule has 190 valence electrons. The Balaban J connectivity index is 1.68. The minimum atomic E-state index is -4.38. The summed E-state index contributed by atoms with van der Waals surface area (Å²) in [6.07, 6.45) is -2.52. The number of aromatic nitrogens is 1. The maximum Gasteiger partial charge on any atom is 0.416 e. The van der Waals surface area contributed by atoms with Crippen molar-refractivity contribution < 1.29 is 13.2 Å². The fourth-order valence-electron chi connectivity index (χ4n) is 4.67. The first kappa shape index (κ1) is 25.8. The maximum absolute atomic E-state index is 13.4. The molecule has 0 unspecified atom stereocenters. The van der Waals surface area contributed by atoms with Gasteiger partial charge in [-0.3, -0.25) is 0 Å². The van der Waals surface area contributed by atoms with E-state index in [9.17, 15) is 13.2 Å². The molecule has 0 spiro atoms. The molecule has 0 atom stereocenters. The van der Waals surface area contributed by atoms with Crippen LogP contribution in [0.2, 0.25) is 0 Å². The predicted octanol–water partition coefficient (Wildman–Crippen LogP) is 6.24. The summed E-state index contributed by atoms with van der Waals surface area (Å²) in [5, 5.41) is 0. The van der Waals surface area contributed by atoms with Crippen LogP contribution in [-0.2, 0) is 12.7 Å². The quantitative estimate of drug-likeness (QED) is 0.405. The summed E-state index contributed by atoms with van der Waals surface area (Å²) in [7, 11) is 3.98. The Morgan fingerprint density at radius 2 is 1.69 bits per heavy atom. The van der Waals surface area contributed by atoms with Gasteiger partial charge in [0.25, 0.3) is 0 Å². The standard InChI is InChI=1S/C29H33F3N4/c1-20-14-23(16-24(15-20)29(30,31)32)19-35(5)22(3)27-18-33-28(36-12-10-34(4)11-13-36)17-26(27)25-9-7-6-8-21(25)2/h6-9,14-18H,3,10-13,19H2,1-2,4-5H3. The van der Waals surface area contributed by atoms with Crippen molar-refractivity contribution >= 4 is 11.5 Å². The number of hydrogen-bond acceptors (Lipinski definition) is 4. The number of hydrogen-bond donors (Lipinski definition) is 0. The first-order valence-corrected chi connectivity index (χ1v) is 12.1. The van der Waals surface area contributed by atoms with E-state index in [1.807, 2.05) is 30.3 Å². The van der Waals surface area contributed by atoms with E-state index in [1.54, 1.807) is 13.0 Å². The van der Waals surface area contributed by atoms with E-state index in [4.69, 9.17) is 4.98 Å². The fraction of sp³-hybridized carbons (Fsp3) is 0.345. The second-order valence-corrected chi connectivity index (χ2v) is 9.70. The highest BCUT2D eigenvalue weighted by Crippen LogP contribution is 2.35. The van der Waals surface area contributed by atoms with Crippen LogP contribution in [-0.4, -0.2) is 55.1 Å². The number of anilines is 1. The van der Waals surface area contributed by atoms with Gasteiger partial charge in [0.15, 0.2) is 0 Å². The average molecular weight is 495 g/mol. The molecule has 36 heavy (non-hydrogen) atoms. The molecule has 0 bridgehead atoms. The molecule has 0 amide bonds. The lowest BCUT2D eigenvalue weighted by molar-refractivity contribution is -0.137. The molecule has 0 N–H and O–H groups in total. The van der Waals surface area contributed by atoms with Gasteiger partial charge in [-0.15, -0.1) is 0 Å². The molecule has 7 heteroatoms. The number of piperazine rings is 1. The highest BCUT2D eigenvalue weighted by molar-refractivity contribution is 5.82. The summed E-state index contributed by atoms with van der Waals surface area (Å²) < 4.78 is 40.1. The highest BCUT2D eigenvalue weighted by atomic mass is 19.4. The van der Waals surface area contributed by atoms with Crippen LogP contribution >= 0.6 is 0 Å². The molecule has 1 aliphatic heterocycles. The van der Waals surface area contributed by atoms with Crippen LogP contribution in [0.3, 0.4) is 0 Å². The van der Waals surface area contributed by atoms with E-state index in [1.165, 1.54) is 12.1 Å². The van der Waals surface area contributed by atoms with Gasteiger partial charge in [0, 0.05) is 57.2 Å². The van der Waals surface area contributed by atoms with E-state index < -0.39 is 11.7 Å². The highest BCUT2D eigenvalue weighted by Gasteiger charge is 2.31. The summed E-state index contributed by atoms with van der Waals surface area (Å²) >= 11 is 0. The van der Waals surface area contributed by atoms with Crippen LogP contribution in [0.15, 0.2) is 61.3 Å². The van der Waals surface area contributed by atoms with Crippen molar-refractivity contribution in [3.05, 3.63) is 89.1 Å². The van der Waals surface area contributed by atoms with Crippen molar-refractivity contribution in [2.75, 3.05) is 45.2 Å². The number of benzene rings is 2. The minimum Gasteiger partial charge on any atom is -0.370 e. The molecule has 1 fully saturated rings. The van der Waals surface area contributed by atoms with E-state index in [2.05, 4.69) is 48.5 Å². The first-order valence-electron chi connectivity index (χ1n) is 12.1. The third kappa shape index (κ3) is 5.73. The van der Waals surface area contributed by atoms with E-state index in [-0.39, 0.29) is 0 Å². The molecular weight excluding hydrogens is 461 g/mol. The van der Waals surface area contributed by atoms with E-state index in [0.717, 1.165) is 54.3 Å². The molecule has 0 saturated carbocycles.